The van der Waals surface area contributed by atoms with Crippen LogP contribution >= 0.6 is 0 Å². The number of alkyl halides is 3. The first-order chi connectivity index (χ1) is 11.2. The summed E-state index contributed by atoms with van der Waals surface area (Å²) in [7, 11) is 0. The molecule has 0 spiro atoms. The molecule has 8 heteroatoms. The van der Waals surface area contributed by atoms with Gasteiger partial charge in [0.15, 0.2) is 6.61 Å². The molecular weight excluding hydrogens is 327 g/mol. The number of halogens is 3. The molecule has 2 atom stereocenters. The van der Waals surface area contributed by atoms with Gasteiger partial charge < -0.3 is 14.7 Å². The number of likely N-dealkylation sites (tertiary alicyclic amines) is 1. The van der Waals surface area contributed by atoms with Gasteiger partial charge in [0.05, 0.1) is 11.5 Å². The van der Waals surface area contributed by atoms with Gasteiger partial charge in [-0.05, 0) is 44.0 Å². The Morgan fingerprint density at radius 2 is 1.88 bits per heavy atom. The number of nitrogens with zero attached hydrogens (tertiary/aromatic N) is 1. The van der Waals surface area contributed by atoms with Crippen molar-refractivity contribution in [2.75, 3.05) is 13.2 Å². The first kappa shape index (κ1) is 18.1. The fourth-order valence-corrected chi connectivity index (χ4v) is 2.62. The van der Waals surface area contributed by atoms with E-state index in [4.69, 9.17) is 9.84 Å². The third-order valence-corrected chi connectivity index (χ3v) is 4.10. The van der Waals surface area contributed by atoms with Crippen LogP contribution in [-0.2, 0) is 15.8 Å². The average Bonchev–Trinajstić information content (AvgIpc) is 2.52. The number of rotatable bonds is 4. The minimum atomic E-state index is -4.43. The number of carbonyl (C=O) groups excluding carboxylic acids is 1. The van der Waals surface area contributed by atoms with Crippen LogP contribution in [0.5, 0.6) is 5.75 Å². The Bertz CT molecular complexity index is 600. The SMILES string of the molecule is CC1CCC(C(=O)O)CN1C(=O)COc1ccc(C(F)(F)F)cc1. The van der Waals surface area contributed by atoms with Crippen LogP contribution in [0.3, 0.4) is 0 Å². The summed E-state index contributed by atoms with van der Waals surface area (Å²) < 4.78 is 42.6. The molecule has 0 aromatic heterocycles. The second-order valence-corrected chi connectivity index (χ2v) is 5.82. The van der Waals surface area contributed by atoms with Crippen molar-refractivity contribution in [3.63, 3.8) is 0 Å². The number of carboxylic acids is 1. The van der Waals surface area contributed by atoms with Crippen molar-refractivity contribution in [3.8, 4) is 5.75 Å². The van der Waals surface area contributed by atoms with Crippen molar-refractivity contribution in [3.05, 3.63) is 29.8 Å². The van der Waals surface area contributed by atoms with E-state index in [2.05, 4.69) is 0 Å². The maximum atomic E-state index is 12.5. The molecule has 0 aliphatic carbocycles. The van der Waals surface area contributed by atoms with Crippen LogP contribution in [0.15, 0.2) is 24.3 Å². The second-order valence-electron chi connectivity index (χ2n) is 5.82. The van der Waals surface area contributed by atoms with E-state index >= 15 is 0 Å². The summed E-state index contributed by atoms with van der Waals surface area (Å²) in [4.78, 5) is 24.7. The minimum absolute atomic E-state index is 0.0932. The predicted octanol–water partition coefficient (Wildman–Crippen LogP) is 2.80. The van der Waals surface area contributed by atoms with Crippen molar-refractivity contribution in [1.82, 2.24) is 4.90 Å². The Kier molecular flexibility index (Phi) is 5.36. The molecule has 5 nitrogen and oxygen atoms in total. The van der Waals surface area contributed by atoms with Gasteiger partial charge in [0.25, 0.3) is 5.91 Å². The molecule has 1 aliphatic rings. The van der Waals surface area contributed by atoms with E-state index in [-0.39, 0.29) is 30.9 Å². The quantitative estimate of drug-likeness (QED) is 0.911. The molecule has 2 rings (SSSR count). The summed E-state index contributed by atoms with van der Waals surface area (Å²) in [5.74, 6) is -1.77. The Morgan fingerprint density at radius 1 is 1.25 bits per heavy atom. The lowest BCUT2D eigenvalue weighted by atomic mass is 9.93. The van der Waals surface area contributed by atoms with E-state index in [9.17, 15) is 22.8 Å². The van der Waals surface area contributed by atoms with E-state index < -0.39 is 23.6 Å². The highest BCUT2D eigenvalue weighted by molar-refractivity contribution is 5.79. The molecule has 2 unspecified atom stereocenters. The third kappa shape index (κ3) is 4.39. The van der Waals surface area contributed by atoms with E-state index in [0.29, 0.717) is 12.8 Å². The van der Waals surface area contributed by atoms with Crippen LogP contribution in [0.4, 0.5) is 13.2 Å². The van der Waals surface area contributed by atoms with Crippen LogP contribution in [0.1, 0.15) is 25.3 Å². The van der Waals surface area contributed by atoms with Gasteiger partial charge >= 0.3 is 12.1 Å². The summed E-state index contributed by atoms with van der Waals surface area (Å²) >= 11 is 0. The monoisotopic (exact) mass is 345 g/mol. The molecule has 1 saturated heterocycles. The van der Waals surface area contributed by atoms with Crippen molar-refractivity contribution < 1.29 is 32.6 Å². The standard InChI is InChI=1S/C16H18F3NO4/c1-10-2-3-11(15(22)23)8-20(10)14(21)9-24-13-6-4-12(5-7-13)16(17,18)19/h4-7,10-11H,2-3,8-9H2,1H3,(H,22,23). The topological polar surface area (TPSA) is 66.8 Å². The number of aliphatic carboxylic acids is 1. The molecule has 1 aromatic rings. The number of hydrogen-bond acceptors (Lipinski definition) is 3. The normalized spacial score (nSPS) is 21.4. The van der Waals surface area contributed by atoms with Crippen LogP contribution in [0, 0.1) is 5.92 Å². The maximum Gasteiger partial charge on any atom is 0.416 e. The first-order valence-corrected chi connectivity index (χ1v) is 7.51. The van der Waals surface area contributed by atoms with Gasteiger partial charge in [-0.3, -0.25) is 9.59 Å². The van der Waals surface area contributed by atoms with Crippen LogP contribution in [0.25, 0.3) is 0 Å². The molecule has 1 aromatic carbocycles. The highest BCUT2D eigenvalue weighted by Crippen LogP contribution is 2.30. The Morgan fingerprint density at radius 3 is 2.42 bits per heavy atom. The molecular formula is C16H18F3NO4. The number of piperidine rings is 1. The van der Waals surface area contributed by atoms with Gasteiger partial charge in [-0.25, -0.2) is 0 Å². The first-order valence-electron chi connectivity index (χ1n) is 7.51. The summed E-state index contributed by atoms with van der Waals surface area (Å²) in [5, 5.41) is 9.06. The molecule has 1 heterocycles. The van der Waals surface area contributed by atoms with Gasteiger partial charge in [0.2, 0.25) is 0 Å². The Labute approximate surface area is 137 Å². The number of amides is 1. The number of benzene rings is 1. The van der Waals surface area contributed by atoms with Crippen LogP contribution < -0.4 is 4.74 Å². The van der Waals surface area contributed by atoms with Crippen LogP contribution in [-0.4, -0.2) is 41.1 Å². The highest BCUT2D eigenvalue weighted by atomic mass is 19.4. The van der Waals surface area contributed by atoms with Crippen LogP contribution in [0.2, 0.25) is 0 Å². The molecule has 1 aliphatic heterocycles. The zero-order valence-electron chi connectivity index (χ0n) is 13.0. The zero-order chi connectivity index (χ0) is 17.9. The van der Waals surface area contributed by atoms with Gasteiger partial charge in [-0.1, -0.05) is 0 Å². The summed E-state index contributed by atoms with van der Waals surface area (Å²) in [6.07, 6.45) is -3.33. The van der Waals surface area contributed by atoms with E-state index in [1.54, 1.807) is 0 Å². The lowest BCUT2D eigenvalue weighted by Crippen LogP contribution is -2.49. The van der Waals surface area contributed by atoms with Gasteiger partial charge in [-0.15, -0.1) is 0 Å². The van der Waals surface area contributed by atoms with Gasteiger partial charge in [0, 0.05) is 12.6 Å². The summed E-state index contributed by atoms with van der Waals surface area (Å²) in [6, 6.07) is 3.96. The zero-order valence-corrected chi connectivity index (χ0v) is 13.0. The molecule has 1 amide bonds. The fourth-order valence-electron chi connectivity index (χ4n) is 2.62. The lowest BCUT2D eigenvalue weighted by Gasteiger charge is -2.36. The summed E-state index contributed by atoms with van der Waals surface area (Å²) in [5.41, 5.74) is -0.796. The Hall–Kier alpha value is -2.25. The average molecular weight is 345 g/mol. The summed E-state index contributed by atoms with van der Waals surface area (Å²) in [6.45, 7) is 1.60. The van der Waals surface area contributed by atoms with Crippen molar-refractivity contribution >= 4 is 11.9 Å². The number of carboxylic acid groups (broad SMARTS) is 1. The maximum absolute atomic E-state index is 12.5. The van der Waals surface area contributed by atoms with Crippen molar-refractivity contribution in [2.45, 2.75) is 32.0 Å². The van der Waals surface area contributed by atoms with E-state index in [0.717, 1.165) is 24.3 Å². The minimum Gasteiger partial charge on any atom is -0.484 e. The molecule has 1 fully saturated rings. The van der Waals surface area contributed by atoms with Gasteiger partial charge in [-0.2, -0.15) is 13.2 Å². The van der Waals surface area contributed by atoms with Gasteiger partial charge in [0.1, 0.15) is 5.75 Å². The molecule has 1 N–H and O–H groups in total. The number of ether oxygens (including phenoxy) is 1. The fraction of sp³-hybridized carbons (Fsp3) is 0.500. The molecule has 24 heavy (non-hydrogen) atoms. The number of hydrogen-bond donors (Lipinski definition) is 1. The predicted molar refractivity (Wildman–Crippen MR) is 78.5 cm³/mol. The number of carbonyl (C=O) groups is 2. The third-order valence-electron chi connectivity index (χ3n) is 4.10. The molecule has 0 saturated carbocycles. The van der Waals surface area contributed by atoms with E-state index in [1.165, 1.54) is 4.90 Å². The lowest BCUT2D eigenvalue weighted by molar-refractivity contribution is -0.148. The highest BCUT2D eigenvalue weighted by Gasteiger charge is 2.33. The molecule has 0 bridgehead atoms. The van der Waals surface area contributed by atoms with E-state index in [1.807, 2.05) is 6.92 Å². The largest absolute Gasteiger partial charge is 0.484 e. The van der Waals surface area contributed by atoms with Crippen molar-refractivity contribution in [2.24, 2.45) is 5.92 Å². The second kappa shape index (κ2) is 7.11. The smallest absolute Gasteiger partial charge is 0.416 e. The molecule has 0 radical (unpaired) electrons. The van der Waals surface area contributed by atoms with Crippen molar-refractivity contribution in [1.29, 1.82) is 0 Å². The Balaban J connectivity index is 1.93. The molecule has 132 valence electrons.